The number of pyridine rings is 2. The number of para-hydroxylation sites is 2. The molecule has 0 fully saturated rings. The molecular weight excluding hydrogens is 1070 g/mol. The number of hydrogen-bond donors (Lipinski definition) is 0. The highest BCUT2D eigenvalue weighted by Crippen LogP contribution is 2.39. The van der Waals surface area contributed by atoms with E-state index in [1.54, 1.807) is 12.3 Å². The molecule has 0 radical (unpaired) electrons. The first-order chi connectivity index (χ1) is 41.5. The van der Waals surface area contributed by atoms with Gasteiger partial charge in [0.05, 0.1) is 5.69 Å². The summed E-state index contributed by atoms with van der Waals surface area (Å²) in [5.74, 6) is 3.65. The molecule has 0 saturated heterocycles. The van der Waals surface area contributed by atoms with E-state index in [0.29, 0.717) is 40.1 Å². The Bertz CT molecular complexity index is 4910. The summed E-state index contributed by atoms with van der Waals surface area (Å²) >= 11 is 5.89. The minimum absolute atomic E-state index is 0. The van der Waals surface area contributed by atoms with Crippen LogP contribution < -0.4 is 0 Å². The van der Waals surface area contributed by atoms with Crippen LogP contribution in [0, 0.1) is 6.92 Å². The molecule has 406 valence electrons. The monoisotopic (exact) mass is 1120 g/mol. The number of fused-ring (bicyclic) bond motifs is 10. The van der Waals surface area contributed by atoms with E-state index < -0.39 is 0 Å². The fraction of sp³-hybridized carbons (Fsp3) is 0.0270. The Hall–Kier alpha value is -11.1. The Labute approximate surface area is 494 Å². The lowest BCUT2D eigenvalue weighted by molar-refractivity contribution is 0.672. The van der Waals surface area contributed by atoms with Gasteiger partial charge in [0.15, 0.2) is 34.9 Å². The van der Waals surface area contributed by atoms with Gasteiger partial charge in [0.25, 0.3) is 0 Å². The molecule has 0 N–H and O–H groups in total. The van der Waals surface area contributed by atoms with Crippen LogP contribution >= 0.6 is 11.6 Å². The van der Waals surface area contributed by atoms with Crippen LogP contribution in [0.4, 0.5) is 0 Å². The van der Waals surface area contributed by atoms with Crippen LogP contribution in [0.1, 0.15) is 13.0 Å². The Morgan fingerprint density at radius 1 is 0.282 bits per heavy atom. The maximum atomic E-state index is 6.29. The van der Waals surface area contributed by atoms with Crippen LogP contribution in [0.15, 0.2) is 276 Å². The minimum atomic E-state index is 0. The zero-order valence-electron chi connectivity index (χ0n) is 45.2. The Morgan fingerprint density at radius 2 is 0.635 bits per heavy atom. The Morgan fingerprint density at radius 3 is 1.07 bits per heavy atom. The molecule has 11 heteroatoms. The van der Waals surface area contributed by atoms with Gasteiger partial charge in [-0.05, 0) is 71.8 Å². The number of hydrogen-bond acceptors (Lipinski definition) is 10. The molecule has 6 aromatic heterocycles. The molecule has 85 heavy (non-hydrogen) atoms. The molecule has 0 bridgehead atoms. The zero-order valence-corrected chi connectivity index (χ0v) is 45.9. The maximum Gasteiger partial charge on any atom is 0.165 e. The molecule has 10 nitrogen and oxygen atoms in total. The lowest BCUT2D eigenvalue weighted by Gasteiger charge is -2.10. The summed E-state index contributed by atoms with van der Waals surface area (Å²) in [6.45, 7) is 2.14. The molecular formula is C74H51ClN8O2. The lowest BCUT2D eigenvalue weighted by Crippen LogP contribution is -2.00. The molecule has 0 amide bonds. The second-order valence-corrected chi connectivity index (χ2v) is 20.4. The Kier molecular flexibility index (Phi) is 14.7. The first-order valence-electron chi connectivity index (χ1n) is 27.4. The highest BCUT2D eigenvalue weighted by molar-refractivity contribution is 6.29. The number of aromatic nitrogens is 8. The molecule has 10 aromatic carbocycles. The third-order valence-electron chi connectivity index (χ3n) is 14.7. The fourth-order valence-corrected chi connectivity index (χ4v) is 10.6. The van der Waals surface area contributed by atoms with Gasteiger partial charge in [0, 0.05) is 83.7 Å². The standard InChI is InChI=1S/C36H22N4O.C20H13ClN4.C17H12O.CH4/c1-3-10-23(11-4-1)34-38-35(24-12-5-2-6-13-24)40-36(39-34)25-18-21-31(37-22-25)27-15-9-16-29-26(27)19-20-30-28-14-7-8-17-32(28)41-33(29)30;21-17-12-11-16(13-22-17)20-24-18(14-7-3-1-4-8-14)23-19(25-20)15-9-5-2-6-10-15;1-11-5-4-7-14-12(11)9-10-15-13-6-2-3-8-16(13)18-17(14)15;/h1-22H;1-13H;2-10H,1H3;1H4. The molecule has 0 aliphatic rings. The molecule has 16 rings (SSSR count). The Balaban J connectivity index is 0.000000130. The van der Waals surface area contributed by atoms with Gasteiger partial charge in [-0.25, -0.2) is 34.9 Å². The second kappa shape index (κ2) is 23.4. The highest BCUT2D eigenvalue weighted by atomic mass is 35.5. The summed E-state index contributed by atoms with van der Waals surface area (Å²) in [4.78, 5) is 37.3. The third-order valence-corrected chi connectivity index (χ3v) is 14.9. The summed E-state index contributed by atoms with van der Waals surface area (Å²) in [7, 11) is 0. The van der Waals surface area contributed by atoms with E-state index in [-0.39, 0.29) is 7.43 Å². The summed E-state index contributed by atoms with van der Waals surface area (Å²) in [5.41, 5.74) is 12.3. The maximum absolute atomic E-state index is 6.29. The predicted octanol–water partition coefficient (Wildman–Crippen LogP) is 19.6. The van der Waals surface area contributed by atoms with Crippen LogP contribution in [-0.2, 0) is 0 Å². The summed E-state index contributed by atoms with van der Waals surface area (Å²) in [5, 5.41) is 9.69. The average Bonchev–Trinajstić information content (AvgIpc) is 3.64. The molecule has 0 saturated carbocycles. The normalized spacial score (nSPS) is 11.1. The van der Waals surface area contributed by atoms with Crippen molar-refractivity contribution in [3.8, 4) is 79.6 Å². The molecule has 0 aliphatic heterocycles. The van der Waals surface area contributed by atoms with Gasteiger partial charge in [0.2, 0.25) is 0 Å². The van der Waals surface area contributed by atoms with Crippen molar-refractivity contribution >= 4 is 77.0 Å². The smallest absolute Gasteiger partial charge is 0.165 e. The van der Waals surface area contributed by atoms with Crippen LogP contribution in [0.25, 0.3) is 145 Å². The van der Waals surface area contributed by atoms with Gasteiger partial charge in [-0.3, -0.25) is 4.98 Å². The second-order valence-electron chi connectivity index (χ2n) is 20.0. The topological polar surface area (TPSA) is 129 Å². The van der Waals surface area contributed by atoms with Gasteiger partial charge in [-0.1, -0.05) is 225 Å². The number of aryl methyl sites for hydroxylation is 1. The first kappa shape index (κ1) is 53.3. The molecule has 0 aliphatic carbocycles. The van der Waals surface area contributed by atoms with Gasteiger partial charge in [0.1, 0.15) is 27.5 Å². The number of benzene rings is 10. The molecule has 6 heterocycles. The predicted molar refractivity (Wildman–Crippen MR) is 346 cm³/mol. The number of halogens is 1. The van der Waals surface area contributed by atoms with Gasteiger partial charge < -0.3 is 8.83 Å². The van der Waals surface area contributed by atoms with E-state index in [9.17, 15) is 0 Å². The van der Waals surface area contributed by atoms with Crippen molar-refractivity contribution in [1.29, 1.82) is 0 Å². The van der Waals surface area contributed by atoms with E-state index in [4.69, 9.17) is 40.4 Å². The quantitative estimate of drug-likeness (QED) is 0.142. The van der Waals surface area contributed by atoms with Crippen LogP contribution in [0.5, 0.6) is 0 Å². The van der Waals surface area contributed by atoms with Crippen LogP contribution in [-0.4, -0.2) is 39.9 Å². The van der Waals surface area contributed by atoms with Crippen LogP contribution in [0.2, 0.25) is 5.15 Å². The zero-order chi connectivity index (χ0) is 56.3. The van der Waals surface area contributed by atoms with Crippen molar-refractivity contribution in [1.82, 2.24) is 39.9 Å². The number of rotatable bonds is 7. The van der Waals surface area contributed by atoms with Crippen molar-refractivity contribution in [2.24, 2.45) is 0 Å². The van der Waals surface area contributed by atoms with E-state index in [1.165, 1.54) is 27.1 Å². The van der Waals surface area contributed by atoms with Crippen molar-refractivity contribution in [2.75, 3.05) is 0 Å². The van der Waals surface area contributed by atoms with Gasteiger partial charge in [-0.15, -0.1) is 0 Å². The van der Waals surface area contributed by atoms with Crippen molar-refractivity contribution in [3.63, 3.8) is 0 Å². The minimum Gasteiger partial charge on any atom is -0.455 e. The molecule has 0 spiro atoms. The van der Waals surface area contributed by atoms with Gasteiger partial charge in [-0.2, -0.15) is 0 Å². The fourth-order valence-electron chi connectivity index (χ4n) is 10.5. The van der Waals surface area contributed by atoms with E-state index in [2.05, 4.69) is 106 Å². The summed E-state index contributed by atoms with van der Waals surface area (Å²) in [6, 6.07) is 84.9. The summed E-state index contributed by atoms with van der Waals surface area (Å²) < 4.78 is 12.3. The molecule has 0 atom stereocenters. The molecule has 0 unspecified atom stereocenters. The lowest BCUT2D eigenvalue weighted by atomic mass is 9.99. The number of nitrogens with zero attached hydrogens (tertiary/aromatic N) is 8. The van der Waals surface area contributed by atoms with Crippen LogP contribution in [0.3, 0.4) is 0 Å². The van der Waals surface area contributed by atoms with Gasteiger partial charge >= 0.3 is 0 Å². The number of furan rings is 2. The van der Waals surface area contributed by atoms with Crippen molar-refractivity contribution in [3.05, 3.63) is 278 Å². The van der Waals surface area contributed by atoms with E-state index in [0.717, 1.165) is 88.5 Å². The van der Waals surface area contributed by atoms with E-state index >= 15 is 0 Å². The largest absolute Gasteiger partial charge is 0.455 e. The SMILES string of the molecule is C.Cc1cccc2c1ccc1c3ccccc3oc21.Clc1ccc(-c2nc(-c3ccccc3)nc(-c3ccccc3)n2)cn1.c1ccc(-c2nc(-c3ccccc3)nc(-c3ccc(-c4cccc5c4ccc4c6ccccc6oc54)nc3)n2)cc1. The summed E-state index contributed by atoms with van der Waals surface area (Å²) in [6.07, 6.45) is 3.51. The third kappa shape index (κ3) is 10.7. The van der Waals surface area contributed by atoms with Crippen molar-refractivity contribution in [2.45, 2.75) is 14.4 Å². The van der Waals surface area contributed by atoms with E-state index in [1.807, 2.05) is 176 Å². The van der Waals surface area contributed by atoms with Crippen molar-refractivity contribution < 1.29 is 8.83 Å². The highest BCUT2D eigenvalue weighted by Gasteiger charge is 2.17. The average molecular weight is 1120 g/mol. The first-order valence-corrected chi connectivity index (χ1v) is 27.8. The molecule has 16 aromatic rings.